The van der Waals surface area contributed by atoms with Gasteiger partial charge in [0.1, 0.15) is 0 Å². The SMILES string of the molecule is Cc1cccc2cc([C@H](c3nnnn3C(C)(C)C)[NH+]3CCC[C@H](C)C3)c(=O)[nH]c12. The number of hydrogen-bond donors (Lipinski definition) is 2. The Bertz CT molecular complexity index is 1080. The Balaban J connectivity index is 1.92. The first kappa shape index (κ1) is 19.8. The van der Waals surface area contributed by atoms with Crippen molar-refractivity contribution in [3.05, 3.63) is 51.6 Å². The molecule has 1 aliphatic rings. The van der Waals surface area contributed by atoms with Crippen LogP contribution in [0.15, 0.2) is 29.1 Å². The molecule has 1 aromatic carbocycles. The predicted molar refractivity (Wildman–Crippen MR) is 113 cm³/mol. The molecule has 154 valence electrons. The highest BCUT2D eigenvalue weighted by Gasteiger charge is 2.38. The lowest BCUT2D eigenvalue weighted by atomic mass is 9.95. The number of fused-ring (bicyclic) bond motifs is 1. The molecular formula is C22H31N6O+. The first-order valence-electron chi connectivity index (χ1n) is 10.5. The van der Waals surface area contributed by atoms with E-state index >= 15 is 0 Å². The third-order valence-electron chi connectivity index (χ3n) is 6.03. The van der Waals surface area contributed by atoms with Crippen LogP contribution in [0.5, 0.6) is 0 Å². The van der Waals surface area contributed by atoms with Crippen LogP contribution in [-0.4, -0.2) is 38.3 Å². The van der Waals surface area contributed by atoms with Gasteiger partial charge in [-0.05, 0) is 68.0 Å². The largest absolute Gasteiger partial charge is 0.322 e. The summed E-state index contributed by atoms with van der Waals surface area (Å²) in [5, 5.41) is 13.7. The van der Waals surface area contributed by atoms with Crippen LogP contribution in [0.2, 0.25) is 0 Å². The number of nitrogens with zero attached hydrogens (tertiary/aromatic N) is 4. The van der Waals surface area contributed by atoms with Gasteiger partial charge in [0, 0.05) is 5.92 Å². The maximum Gasteiger partial charge on any atom is 0.258 e. The second kappa shape index (κ2) is 7.37. The smallest absolute Gasteiger partial charge is 0.258 e. The minimum absolute atomic E-state index is 0.0500. The zero-order valence-corrected chi connectivity index (χ0v) is 18.0. The summed E-state index contributed by atoms with van der Waals surface area (Å²) in [6, 6.07) is 7.96. The van der Waals surface area contributed by atoms with Gasteiger partial charge in [-0.15, -0.1) is 5.10 Å². The van der Waals surface area contributed by atoms with Gasteiger partial charge >= 0.3 is 0 Å². The maximum atomic E-state index is 13.3. The van der Waals surface area contributed by atoms with Crippen molar-refractivity contribution in [3.8, 4) is 0 Å². The molecule has 1 saturated heterocycles. The van der Waals surface area contributed by atoms with Crippen molar-refractivity contribution in [2.45, 2.75) is 59.0 Å². The number of likely N-dealkylation sites (tertiary alicyclic amines) is 1. The fraction of sp³-hybridized carbons (Fsp3) is 0.545. The predicted octanol–water partition coefficient (Wildman–Crippen LogP) is 1.98. The third-order valence-corrected chi connectivity index (χ3v) is 6.03. The van der Waals surface area contributed by atoms with Crippen LogP contribution in [0, 0.1) is 12.8 Å². The van der Waals surface area contributed by atoms with Crippen LogP contribution >= 0.6 is 0 Å². The van der Waals surface area contributed by atoms with Crippen molar-refractivity contribution >= 4 is 10.9 Å². The van der Waals surface area contributed by atoms with Gasteiger partial charge in [-0.25, -0.2) is 4.68 Å². The van der Waals surface area contributed by atoms with E-state index in [2.05, 4.69) is 54.3 Å². The molecule has 1 aliphatic heterocycles. The maximum absolute atomic E-state index is 13.3. The molecule has 0 aliphatic carbocycles. The van der Waals surface area contributed by atoms with E-state index < -0.39 is 0 Å². The molecule has 0 spiro atoms. The normalized spacial score (nSPS) is 21.4. The number of aryl methyl sites for hydroxylation is 1. The Hall–Kier alpha value is -2.54. The zero-order valence-electron chi connectivity index (χ0n) is 18.0. The third kappa shape index (κ3) is 3.71. The molecule has 3 heterocycles. The van der Waals surface area contributed by atoms with E-state index in [-0.39, 0.29) is 17.1 Å². The number of benzene rings is 1. The van der Waals surface area contributed by atoms with E-state index in [9.17, 15) is 4.79 Å². The van der Waals surface area contributed by atoms with Gasteiger partial charge in [-0.3, -0.25) is 4.79 Å². The van der Waals surface area contributed by atoms with Crippen molar-refractivity contribution in [1.82, 2.24) is 25.2 Å². The summed E-state index contributed by atoms with van der Waals surface area (Å²) in [6.07, 6.45) is 2.38. The van der Waals surface area contributed by atoms with Crippen LogP contribution in [0.1, 0.15) is 63.5 Å². The molecule has 0 bridgehead atoms. The van der Waals surface area contributed by atoms with E-state index in [4.69, 9.17) is 0 Å². The monoisotopic (exact) mass is 395 g/mol. The Labute approximate surface area is 171 Å². The van der Waals surface area contributed by atoms with Crippen LogP contribution in [0.25, 0.3) is 10.9 Å². The molecule has 7 nitrogen and oxygen atoms in total. The second-order valence-electron chi connectivity index (χ2n) is 9.51. The summed E-state index contributed by atoms with van der Waals surface area (Å²) in [7, 11) is 0. The zero-order chi connectivity index (χ0) is 20.8. The van der Waals surface area contributed by atoms with Crippen LogP contribution in [0.4, 0.5) is 0 Å². The summed E-state index contributed by atoms with van der Waals surface area (Å²) in [6.45, 7) is 12.6. The molecule has 0 radical (unpaired) electrons. The number of aromatic amines is 1. The number of H-pyrrole nitrogens is 1. The molecule has 3 aromatic rings. The second-order valence-corrected chi connectivity index (χ2v) is 9.51. The molecule has 1 unspecified atom stereocenters. The molecule has 0 amide bonds. The highest BCUT2D eigenvalue weighted by molar-refractivity contribution is 5.82. The van der Waals surface area contributed by atoms with E-state index in [1.165, 1.54) is 11.3 Å². The topological polar surface area (TPSA) is 80.9 Å². The minimum atomic E-state index is -0.266. The van der Waals surface area contributed by atoms with Crippen LogP contribution in [-0.2, 0) is 5.54 Å². The highest BCUT2D eigenvalue weighted by atomic mass is 16.1. The molecule has 29 heavy (non-hydrogen) atoms. The molecular weight excluding hydrogens is 364 g/mol. The van der Waals surface area contributed by atoms with Crippen LogP contribution in [0.3, 0.4) is 0 Å². The van der Waals surface area contributed by atoms with Crippen molar-refractivity contribution in [3.63, 3.8) is 0 Å². The van der Waals surface area contributed by atoms with Gasteiger partial charge < -0.3 is 9.88 Å². The molecule has 0 saturated carbocycles. The number of piperidine rings is 1. The summed E-state index contributed by atoms with van der Waals surface area (Å²) < 4.78 is 1.88. The first-order valence-corrected chi connectivity index (χ1v) is 10.5. The summed E-state index contributed by atoms with van der Waals surface area (Å²) in [5.41, 5.74) is 2.40. The van der Waals surface area contributed by atoms with Crippen molar-refractivity contribution < 1.29 is 4.90 Å². The number of aromatic nitrogens is 5. The number of hydrogen-bond acceptors (Lipinski definition) is 4. The van der Waals surface area contributed by atoms with Gasteiger partial charge in [0.05, 0.1) is 29.7 Å². The number of pyridine rings is 1. The number of tetrazole rings is 1. The Morgan fingerprint density at radius 3 is 2.83 bits per heavy atom. The standard InChI is InChI=1S/C22H30N6O/c1-14-8-7-11-27(13-14)19(20-24-25-26-28(20)22(3,4)5)17-12-16-10-6-9-15(2)18(16)23-21(17)29/h6,9-10,12,14,19H,7-8,11,13H2,1-5H3,(H,23,29)/p+1/t14-,19+/m0/s1. The van der Waals surface area contributed by atoms with E-state index in [0.717, 1.165) is 47.4 Å². The van der Waals surface area contributed by atoms with Gasteiger partial charge in [-0.2, -0.15) is 0 Å². The van der Waals surface area contributed by atoms with Crippen molar-refractivity contribution in [2.24, 2.45) is 5.92 Å². The average Bonchev–Trinajstić information content (AvgIpc) is 3.13. The lowest BCUT2D eigenvalue weighted by molar-refractivity contribution is -0.934. The molecule has 1 fully saturated rings. The summed E-state index contributed by atoms with van der Waals surface area (Å²) in [5.74, 6) is 1.38. The molecule has 7 heteroatoms. The molecule has 2 N–H and O–H groups in total. The van der Waals surface area contributed by atoms with E-state index in [0.29, 0.717) is 5.92 Å². The van der Waals surface area contributed by atoms with Gasteiger partial charge in [0.25, 0.3) is 5.56 Å². The average molecular weight is 396 g/mol. The fourth-order valence-electron chi connectivity index (χ4n) is 4.60. The lowest BCUT2D eigenvalue weighted by Crippen LogP contribution is -3.14. The molecule has 3 atom stereocenters. The van der Waals surface area contributed by atoms with E-state index in [1.807, 2.05) is 29.8 Å². The summed E-state index contributed by atoms with van der Waals surface area (Å²) in [4.78, 5) is 17.8. The fourth-order valence-corrected chi connectivity index (χ4v) is 4.60. The van der Waals surface area contributed by atoms with Crippen molar-refractivity contribution in [1.29, 1.82) is 0 Å². The van der Waals surface area contributed by atoms with E-state index in [1.54, 1.807) is 0 Å². The molecule has 4 rings (SSSR count). The number of quaternary nitrogens is 1. The highest BCUT2D eigenvalue weighted by Crippen LogP contribution is 2.24. The quantitative estimate of drug-likeness (QED) is 0.711. The number of para-hydroxylation sites is 1. The molecule has 2 aromatic heterocycles. The van der Waals surface area contributed by atoms with Gasteiger partial charge in [0.15, 0.2) is 6.04 Å². The van der Waals surface area contributed by atoms with Gasteiger partial charge in [-0.1, -0.05) is 25.1 Å². The Kier molecular flexibility index (Phi) is 5.02. The number of rotatable bonds is 3. The lowest BCUT2D eigenvalue weighted by Gasteiger charge is -2.34. The number of nitrogens with one attached hydrogen (secondary N) is 2. The minimum Gasteiger partial charge on any atom is -0.322 e. The summed E-state index contributed by atoms with van der Waals surface area (Å²) >= 11 is 0. The Morgan fingerprint density at radius 1 is 1.31 bits per heavy atom. The Morgan fingerprint density at radius 2 is 2.10 bits per heavy atom. The van der Waals surface area contributed by atoms with Crippen molar-refractivity contribution in [2.75, 3.05) is 13.1 Å². The van der Waals surface area contributed by atoms with Crippen LogP contribution < -0.4 is 10.5 Å². The first-order chi connectivity index (χ1) is 13.8. The van der Waals surface area contributed by atoms with Gasteiger partial charge in [0.2, 0.25) is 5.82 Å².